The third-order valence-corrected chi connectivity index (χ3v) is 3.10. The molecule has 0 fully saturated rings. The van der Waals surface area contributed by atoms with Gasteiger partial charge in [-0.3, -0.25) is 0 Å². The van der Waals surface area contributed by atoms with Crippen LogP contribution in [0.1, 0.15) is 11.6 Å². The van der Waals surface area contributed by atoms with E-state index < -0.39 is 27.5 Å². The molecule has 1 atom stereocenters. The van der Waals surface area contributed by atoms with E-state index in [1.165, 1.54) is 6.07 Å². The summed E-state index contributed by atoms with van der Waals surface area (Å²) in [6.45, 7) is 0. The third kappa shape index (κ3) is 3.53. The zero-order valence-electron chi connectivity index (χ0n) is 9.00. The van der Waals surface area contributed by atoms with Crippen LogP contribution in [-0.2, 0) is 9.84 Å². The first-order chi connectivity index (χ1) is 7.33. The van der Waals surface area contributed by atoms with Gasteiger partial charge in [-0.25, -0.2) is 17.2 Å². The van der Waals surface area contributed by atoms with Gasteiger partial charge in [0.15, 0.2) is 11.6 Å². The van der Waals surface area contributed by atoms with E-state index in [4.69, 9.17) is 0 Å². The predicted octanol–water partition coefficient (Wildman–Crippen LogP) is 1.27. The van der Waals surface area contributed by atoms with Gasteiger partial charge in [0.1, 0.15) is 9.84 Å². The Labute approximate surface area is 93.4 Å². The first-order valence-corrected chi connectivity index (χ1v) is 6.69. The average Bonchev–Trinajstić information content (AvgIpc) is 2.17. The second-order valence-corrected chi connectivity index (χ2v) is 5.79. The molecular formula is C10H13F2NO2S. The molecule has 0 heterocycles. The Kier molecular flexibility index (Phi) is 3.98. The van der Waals surface area contributed by atoms with Crippen LogP contribution in [0.2, 0.25) is 0 Å². The summed E-state index contributed by atoms with van der Waals surface area (Å²) in [4.78, 5) is 0. The maximum absolute atomic E-state index is 13.0. The summed E-state index contributed by atoms with van der Waals surface area (Å²) < 4.78 is 47.9. The topological polar surface area (TPSA) is 46.2 Å². The third-order valence-electron chi connectivity index (χ3n) is 2.16. The molecule has 0 bridgehead atoms. The summed E-state index contributed by atoms with van der Waals surface area (Å²) in [5.74, 6) is -2.08. The van der Waals surface area contributed by atoms with E-state index >= 15 is 0 Å². The van der Waals surface area contributed by atoms with Crippen molar-refractivity contribution in [2.75, 3.05) is 19.1 Å². The minimum absolute atomic E-state index is 0.158. The fraction of sp³-hybridized carbons (Fsp3) is 0.400. The fourth-order valence-corrected chi connectivity index (χ4v) is 2.34. The molecule has 1 aromatic rings. The molecule has 6 heteroatoms. The Morgan fingerprint density at radius 1 is 1.31 bits per heavy atom. The molecule has 16 heavy (non-hydrogen) atoms. The van der Waals surface area contributed by atoms with Crippen molar-refractivity contribution in [3.63, 3.8) is 0 Å². The summed E-state index contributed by atoms with van der Waals surface area (Å²) in [6, 6.07) is 2.81. The van der Waals surface area contributed by atoms with Crippen molar-refractivity contribution < 1.29 is 17.2 Å². The first-order valence-electron chi connectivity index (χ1n) is 4.63. The highest BCUT2D eigenvalue weighted by molar-refractivity contribution is 7.90. The van der Waals surface area contributed by atoms with E-state index in [2.05, 4.69) is 5.32 Å². The van der Waals surface area contributed by atoms with Crippen molar-refractivity contribution in [1.82, 2.24) is 5.32 Å². The van der Waals surface area contributed by atoms with E-state index in [1.54, 1.807) is 7.05 Å². The number of benzene rings is 1. The van der Waals surface area contributed by atoms with Crippen molar-refractivity contribution >= 4 is 9.84 Å². The minimum atomic E-state index is -3.19. The average molecular weight is 249 g/mol. The van der Waals surface area contributed by atoms with Gasteiger partial charge in [0.2, 0.25) is 0 Å². The summed E-state index contributed by atoms with van der Waals surface area (Å²) in [6.07, 6.45) is 1.09. The van der Waals surface area contributed by atoms with Gasteiger partial charge in [0.05, 0.1) is 5.75 Å². The van der Waals surface area contributed by atoms with E-state index in [0.717, 1.165) is 18.4 Å². The normalized spacial score (nSPS) is 13.8. The number of hydrogen-bond acceptors (Lipinski definition) is 3. The minimum Gasteiger partial charge on any atom is -0.312 e. The zero-order chi connectivity index (χ0) is 12.3. The Hall–Kier alpha value is -1.01. The second-order valence-electron chi connectivity index (χ2n) is 3.61. The molecule has 0 aliphatic rings. The Morgan fingerprint density at radius 2 is 1.94 bits per heavy atom. The van der Waals surface area contributed by atoms with Crippen molar-refractivity contribution in [2.24, 2.45) is 0 Å². The van der Waals surface area contributed by atoms with Gasteiger partial charge in [-0.2, -0.15) is 0 Å². The van der Waals surface area contributed by atoms with Gasteiger partial charge < -0.3 is 5.32 Å². The first kappa shape index (κ1) is 13.1. The van der Waals surface area contributed by atoms with E-state index in [1.807, 2.05) is 0 Å². The van der Waals surface area contributed by atoms with Crippen LogP contribution in [-0.4, -0.2) is 27.5 Å². The molecule has 0 saturated heterocycles. The molecule has 0 spiro atoms. The molecule has 90 valence electrons. The van der Waals surface area contributed by atoms with Crippen LogP contribution in [0.25, 0.3) is 0 Å². The fourth-order valence-electron chi connectivity index (χ4n) is 1.38. The monoisotopic (exact) mass is 249 g/mol. The molecule has 1 N–H and O–H groups in total. The SMILES string of the molecule is CNC(CS(C)(=O)=O)c1ccc(F)c(F)c1. The molecule has 0 amide bonds. The quantitative estimate of drug-likeness (QED) is 0.874. The van der Waals surface area contributed by atoms with Crippen LogP contribution >= 0.6 is 0 Å². The van der Waals surface area contributed by atoms with Crippen molar-refractivity contribution in [1.29, 1.82) is 0 Å². The van der Waals surface area contributed by atoms with Crippen LogP contribution in [0.4, 0.5) is 8.78 Å². The molecule has 1 aromatic carbocycles. The van der Waals surface area contributed by atoms with E-state index in [0.29, 0.717) is 5.56 Å². The number of halogens is 2. The standard InChI is InChI=1S/C10H13F2NO2S/c1-13-10(6-16(2,14)15)7-3-4-8(11)9(12)5-7/h3-5,10,13H,6H2,1-2H3. The molecule has 1 rings (SSSR count). The maximum Gasteiger partial charge on any atom is 0.159 e. The zero-order valence-corrected chi connectivity index (χ0v) is 9.81. The number of hydrogen-bond donors (Lipinski definition) is 1. The highest BCUT2D eigenvalue weighted by atomic mass is 32.2. The highest BCUT2D eigenvalue weighted by Gasteiger charge is 2.16. The second kappa shape index (κ2) is 4.88. The molecule has 0 aromatic heterocycles. The molecule has 1 unspecified atom stereocenters. The largest absolute Gasteiger partial charge is 0.312 e. The highest BCUT2D eigenvalue weighted by Crippen LogP contribution is 2.17. The van der Waals surface area contributed by atoms with Gasteiger partial charge in [-0.15, -0.1) is 0 Å². The summed E-state index contributed by atoms with van der Waals surface area (Å²) >= 11 is 0. The van der Waals surface area contributed by atoms with Crippen molar-refractivity contribution in [3.05, 3.63) is 35.4 Å². The predicted molar refractivity (Wildman–Crippen MR) is 57.9 cm³/mol. The lowest BCUT2D eigenvalue weighted by molar-refractivity contribution is 0.503. The smallest absolute Gasteiger partial charge is 0.159 e. The van der Waals surface area contributed by atoms with Gasteiger partial charge in [0, 0.05) is 12.3 Å². The Balaban J connectivity index is 3.00. The van der Waals surface area contributed by atoms with Crippen molar-refractivity contribution in [2.45, 2.75) is 6.04 Å². The van der Waals surface area contributed by atoms with Crippen LogP contribution < -0.4 is 5.32 Å². The van der Waals surface area contributed by atoms with Crippen molar-refractivity contribution in [3.8, 4) is 0 Å². The number of rotatable bonds is 4. The Morgan fingerprint density at radius 3 is 2.38 bits per heavy atom. The van der Waals surface area contributed by atoms with E-state index in [-0.39, 0.29) is 5.75 Å². The lowest BCUT2D eigenvalue weighted by atomic mass is 10.1. The van der Waals surface area contributed by atoms with Gasteiger partial charge in [-0.1, -0.05) is 6.07 Å². The summed E-state index contributed by atoms with van der Waals surface area (Å²) in [7, 11) is -1.62. The van der Waals surface area contributed by atoms with Crippen LogP contribution in [0.15, 0.2) is 18.2 Å². The molecule has 3 nitrogen and oxygen atoms in total. The van der Waals surface area contributed by atoms with Gasteiger partial charge >= 0.3 is 0 Å². The molecule has 0 radical (unpaired) electrons. The summed E-state index contributed by atoms with van der Waals surface area (Å²) in [5, 5.41) is 2.75. The molecular weight excluding hydrogens is 236 g/mol. The van der Waals surface area contributed by atoms with Gasteiger partial charge in [0.25, 0.3) is 0 Å². The molecule has 0 aliphatic carbocycles. The van der Waals surface area contributed by atoms with Crippen LogP contribution in [0.5, 0.6) is 0 Å². The molecule has 0 saturated carbocycles. The lowest BCUT2D eigenvalue weighted by Gasteiger charge is -2.15. The lowest BCUT2D eigenvalue weighted by Crippen LogP contribution is -2.24. The van der Waals surface area contributed by atoms with Crippen LogP contribution in [0, 0.1) is 11.6 Å². The number of sulfone groups is 1. The van der Waals surface area contributed by atoms with Crippen LogP contribution in [0.3, 0.4) is 0 Å². The number of nitrogens with one attached hydrogen (secondary N) is 1. The van der Waals surface area contributed by atoms with Gasteiger partial charge in [-0.05, 0) is 24.7 Å². The molecule has 0 aliphatic heterocycles. The van der Waals surface area contributed by atoms with E-state index in [9.17, 15) is 17.2 Å². The summed E-state index contributed by atoms with van der Waals surface area (Å²) in [5.41, 5.74) is 0.409. The maximum atomic E-state index is 13.0. The Bertz CT molecular complexity index is 474.